The molecule has 2 N–H and O–H groups in total. The van der Waals surface area contributed by atoms with Crippen LogP contribution >= 0.6 is 34.5 Å². The molecule has 9 heteroatoms. The van der Waals surface area contributed by atoms with E-state index in [4.69, 9.17) is 23.2 Å². The van der Waals surface area contributed by atoms with Crippen LogP contribution in [0.1, 0.15) is 15.4 Å². The molecular weight excluding hydrogens is 323 g/mol. The number of hydrogen-bond donors (Lipinski definition) is 2. The number of hydrogen-bond acceptors (Lipinski definition) is 5. The van der Waals surface area contributed by atoms with Gasteiger partial charge in [-0.15, -0.1) is 10.2 Å². The first-order valence-corrected chi connectivity index (χ1v) is 7.03. The van der Waals surface area contributed by atoms with Crippen molar-refractivity contribution in [1.29, 1.82) is 0 Å². The summed E-state index contributed by atoms with van der Waals surface area (Å²) in [6.45, 7) is 0. The zero-order valence-electron chi connectivity index (χ0n) is 9.74. The number of carbonyl (C=O) groups excluding carboxylic acids is 2. The summed E-state index contributed by atoms with van der Waals surface area (Å²) in [7, 11) is 0. The number of anilines is 2. The molecule has 0 bridgehead atoms. The Bertz CT molecular complexity index is 731. The minimum Gasteiger partial charge on any atom is -0.325 e. The molecule has 0 saturated carbocycles. The van der Waals surface area contributed by atoms with E-state index in [1.807, 2.05) is 0 Å². The van der Waals surface area contributed by atoms with Gasteiger partial charge in [-0.05, 0) is 29.3 Å². The van der Waals surface area contributed by atoms with E-state index in [1.54, 1.807) is 12.1 Å². The van der Waals surface area contributed by atoms with E-state index in [1.165, 1.54) is 0 Å². The van der Waals surface area contributed by atoms with Gasteiger partial charge < -0.3 is 10.6 Å². The van der Waals surface area contributed by atoms with Crippen molar-refractivity contribution in [3.63, 3.8) is 0 Å². The molecule has 0 unspecified atom stereocenters. The quantitative estimate of drug-likeness (QED) is 0.887. The maximum absolute atomic E-state index is 11.9. The summed E-state index contributed by atoms with van der Waals surface area (Å²) in [5.41, 5.74) is 1.86. The third-order valence-electron chi connectivity index (χ3n) is 2.66. The molecule has 1 aliphatic heterocycles. The van der Waals surface area contributed by atoms with Crippen LogP contribution in [0.4, 0.5) is 11.4 Å². The number of benzene rings is 1. The highest BCUT2D eigenvalue weighted by atomic mass is 35.5. The fourth-order valence-corrected chi connectivity index (χ4v) is 2.75. The molecule has 1 aromatic carbocycles. The van der Waals surface area contributed by atoms with Gasteiger partial charge in [-0.25, -0.2) is 0 Å². The number of nitrogens with one attached hydrogen (secondary N) is 2. The summed E-state index contributed by atoms with van der Waals surface area (Å²) in [6.07, 6.45) is 0.264. The van der Waals surface area contributed by atoms with Crippen LogP contribution in [0.3, 0.4) is 0 Å². The largest absolute Gasteiger partial charge is 0.325 e. The van der Waals surface area contributed by atoms with Gasteiger partial charge in [-0.2, -0.15) is 0 Å². The molecule has 0 aliphatic carbocycles. The molecule has 2 amide bonds. The zero-order valence-corrected chi connectivity index (χ0v) is 12.1. The van der Waals surface area contributed by atoms with Crippen molar-refractivity contribution in [3.8, 4) is 0 Å². The molecule has 20 heavy (non-hydrogen) atoms. The fraction of sp³-hybridized carbons (Fsp3) is 0.0909. The lowest BCUT2D eigenvalue weighted by Crippen LogP contribution is -2.12. The van der Waals surface area contributed by atoms with E-state index >= 15 is 0 Å². The first-order valence-electron chi connectivity index (χ1n) is 5.45. The van der Waals surface area contributed by atoms with Crippen molar-refractivity contribution in [2.75, 3.05) is 10.6 Å². The Kier molecular flexibility index (Phi) is 3.33. The highest BCUT2D eigenvalue weighted by molar-refractivity contribution is 7.17. The summed E-state index contributed by atoms with van der Waals surface area (Å²) in [5.74, 6) is -0.552. The lowest BCUT2D eigenvalue weighted by Gasteiger charge is -2.08. The molecule has 2 aromatic rings. The second-order valence-corrected chi connectivity index (χ2v) is 6.00. The van der Waals surface area contributed by atoms with E-state index in [0.717, 1.165) is 16.9 Å². The number of halogens is 2. The SMILES string of the molecule is O=C1Cc2cc(NC(=O)c3nnc(Cl)s3)c(Cl)cc2N1. The normalized spacial score (nSPS) is 13.0. The number of fused-ring (bicyclic) bond motifs is 1. The second-order valence-electron chi connectivity index (χ2n) is 4.03. The van der Waals surface area contributed by atoms with Crippen LogP contribution in [0.2, 0.25) is 9.49 Å². The van der Waals surface area contributed by atoms with Gasteiger partial charge in [0.1, 0.15) is 0 Å². The minimum absolute atomic E-state index is 0.101. The number of carbonyl (C=O) groups is 2. The first-order chi connectivity index (χ1) is 9.52. The van der Waals surface area contributed by atoms with Crippen LogP contribution in [0, 0.1) is 0 Å². The van der Waals surface area contributed by atoms with Crippen molar-refractivity contribution in [2.24, 2.45) is 0 Å². The highest BCUT2D eigenvalue weighted by Crippen LogP contribution is 2.33. The lowest BCUT2D eigenvalue weighted by molar-refractivity contribution is -0.115. The van der Waals surface area contributed by atoms with Gasteiger partial charge in [0.25, 0.3) is 5.91 Å². The van der Waals surface area contributed by atoms with Gasteiger partial charge in [-0.1, -0.05) is 22.9 Å². The Balaban J connectivity index is 1.86. The maximum Gasteiger partial charge on any atom is 0.286 e. The highest BCUT2D eigenvalue weighted by Gasteiger charge is 2.21. The topological polar surface area (TPSA) is 84.0 Å². The molecule has 1 aromatic heterocycles. The number of nitrogens with zero attached hydrogens (tertiary/aromatic N) is 2. The molecule has 0 saturated heterocycles. The van der Waals surface area contributed by atoms with Gasteiger partial charge in [0.2, 0.25) is 15.4 Å². The molecule has 6 nitrogen and oxygen atoms in total. The molecule has 0 atom stereocenters. The predicted molar refractivity (Wildman–Crippen MR) is 76.7 cm³/mol. The van der Waals surface area contributed by atoms with Crippen LogP contribution in [0.15, 0.2) is 12.1 Å². The first kappa shape index (κ1) is 13.3. The number of aromatic nitrogens is 2. The molecule has 1 aliphatic rings. The van der Waals surface area contributed by atoms with Crippen molar-refractivity contribution in [1.82, 2.24) is 10.2 Å². The van der Waals surface area contributed by atoms with Crippen molar-refractivity contribution in [3.05, 3.63) is 32.2 Å². The minimum atomic E-state index is -0.450. The van der Waals surface area contributed by atoms with E-state index in [-0.39, 0.29) is 21.8 Å². The summed E-state index contributed by atoms with van der Waals surface area (Å²) in [4.78, 5) is 23.2. The third kappa shape index (κ3) is 2.47. The van der Waals surface area contributed by atoms with Gasteiger partial charge >= 0.3 is 0 Å². The average molecular weight is 329 g/mol. The monoisotopic (exact) mass is 328 g/mol. The molecule has 0 radical (unpaired) electrons. The van der Waals surface area contributed by atoms with Crippen molar-refractivity contribution < 1.29 is 9.59 Å². The number of amides is 2. The van der Waals surface area contributed by atoms with Gasteiger partial charge in [0.15, 0.2) is 0 Å². The number of rotatable bonds is 2. The van der Waals surface area contributed by atoms with E-state index < -0.39 is 5.91 Å². The van der Waals surface area contributed by atoms with E-state index in [9.17, 15) is 9.59 Å². The van der Waals surface area contributed by atoms with Crippen LogP contribution in [-0.4, -0.2) is 22.0 Å². The Morgan fingerprint density at radius 2 is 2.15 bits per heavy atom. The average Bonchev–Trinajstić information content (AvgIpc) is 2.95. The molecular formula is C11H6Cl2N4O2S. The van der Waals surface area contributed by atoms with E-state index in [0.29, 0.717) is 16.4 Å². The summed E-state index contributed by atoms with van der Waals surface area (Å²) in [6, 6.07) is 3.26. The van der Waals surface area contributed by atoms with Gasteiger partial charge in [-0.3, -0.25) is 9.59 Å². The molecule has 3 rings (SSSR count). The summed E-state index contributed by atoms with van der Waals surface area (Å²) >= 11 is 12.7. The molecule has 102 valence electrons. The summed E-state index contributed by atoms with van der Waals surface area (Å²) < 4.78 is 0.185. The lowest BCUT2D eigenvalue weighted by atomic mass is 10.1. The Morgan fingerprint density at radius 3 is 2.85 bits per heavy atom. The third-order valence-corrected chi connectivity index (χ3v) is 3.99. The van der Waals surface area contributed by atoms with Crippen LogP contribution in [-0.2, 0) is 11.2 Å². The Hall–Kier alpha value is -1.70. The molecule has 2 heterocycles. The Labute approximate surface area is 127 Å². The van der Waals surface area contributed by atoms with Gasteiger partial charge in [0.05, 0.1) is 17.1 Å². The predicted octanol–water partition coefficient (Wildman–Crippen LogP) is 2.59. The van der Waals surface area contributed by atoms with Crippen molar-refractivity contribution >= 4 is 57.7 Å². The van der Waals surface area contributed by atoms with E-state index in [2.05, 4.69) is 20.8 Å². The van der Waals surface area contributed by atoms with Crippen LogP contribution in [0.25, 0.3) is 0 Å². The van der Waals surface area contributed by atoms with Gasteiger partial charge in [0, 0.05) is 5.69 Å². The van der Waals surface area contributed by atoms with Crippen LogP contribution in [0.5, 0.6) is 0 Å². The smallest absolute Gasteiger partial charge is 0.286 e. The Morgan fingerprint density at radius 1 is 1.35 bits per heavy atom. The van der Waals surface area contributed by atoms with Crippen LogP contribution < -0.4 is 10.6 Å². The van der Waals surface area contributed by atoms with Crippen molar-refractivity contribution in [2.45, 2.75) is 6.42 Å². The molecule has 0 spiro atoms. The zero-order chi connectivity index (χ0) is 14.3. The maximum atomic E-state index is 11.9. The standard InChI is InChI=1S/C11H6Cl2N4O2S/c12-5-3-6-4(2-8(18)14-6)1-7(5)15-9(19)10-16-17-11(13)20-10/h1,3H,2H2,(H,14,18)(H,15,19). The summed E-state index contributed by atoms with van der Waals surface area (Å²) in [5, 5.41) is 13.0. The fourth-order valence-electron chi connectivity index (χ4n) is 1.82. The molecule has 0 fully saturated rings. The second kappa shape index (κ2) is 5.01.